The van der Waals surface area contributed by atoms with E-state index in [1.165, 1.54) is 11.8 Å². The molecule has 0 amide bonds. The summed E-state index contributed by atoms with van der Waals surface area (Å²) in [6.07, 6.45) is 2.92. The smallest absolute Gasteiger partial charge is 0.289 e. The number of halogens is 1. The molecule has 0 aliphatic rings. The van der Waals surface area contributed by atoms with Gasteiger partial charge in [-0.2, -0.15) is 0 Å². The van der Waals surface area contributed by atoms with Crippen LogP contribution in [0.15, 0.2) is 9.32 Å². The van der Waals surface area contributed by atoms with Gasteiger partial charge in [0.1, 0.15) is 5.76 Å². The number of alkyl halides is 1. The number of methoxy groups -OCH3 is 1. The van der Waals surface area contributed by atoms with Gasteiger partial charge in [0, 0.05) is 18.9 Å². The number of nitrogens with zero attached hydrogens (tertiary/aromatic N) is 1. The summed E-state index contributed by atoms with van der Waals surface area (Å²) < 4.78 is 11.6. The van der Waals surface area contributed by atoms with Crippen molar-refractivity contribution in [2.45, 2.75) is 38.2 Å². The molecule has 0 atom stereocenters. The molecule has 0 N–H and O–H groups in total. The molecule has 1 heterocycles. The molecule has 1 aromatic rings. The van der Waals surface area contributed by atoms with E-state index in [9.17, 15) is 4.79 Å². The zero-order chi connectivity index (χ0) is 11.3. The summed E-state index contributed by atoms with van der Waals surface area (Å²) in [6, 6.07) is 0. The minimum atomic E-state index is -0.0974. The molecule has 0 spiro atoms. The first-order valence-corrected chi connectivity index (χ1v) is 6.13. The zero-order valence-corrected chi connectivity index (χ0v) is 10.7. The molecule has 4 nitrogen and oxygen atoms in total. The van der Waals surface area contributed by atoms with E-state index in [1.807, 2.05) is 0 Å². The second kappa shape index (κ2) is 6.12. The van der Waals surface area contributed by atoms with E-state index in [2.05, 4.69) is 22.9 Å². The maximum absolute atomic E-state index is 11.7. The van der Waals surface area contributed by atoms with Crippen LogP contribution >= 0.6 is 15.9 Å². The molecular formula is C10H16BrNO3. The van der Waals surface area contributed by atoms with E-state index in [1.54, 1.807) is 0 Å². The highest BCUT2D eigenvalue weighted by Crippen LogP contribution is 2.12. The Bertz CT molecular complexity index is 356. The number of rotatable bonds is 6. The summed E-state index contributed by atoms with van der Waals surface area (Å²) in [6.45, 7) is 2.28. The van der Waals surface area contributed by atoms with Crippen molar-refractivity contribution >= 4 is 15.9 Å². The number of hydrogen-bond acceptors (Lipinski definition) is 3. The lowest BCUT2D eigenvalue weighted by Crippen LogP contribution is -2.17. The molecule has 0 aliphatic heterocycles. The number of ether oxygens (including phenoxy) is 1. The van der Waals surface area contributed by atoms with Crippen LogP contribution in [0.25, 0.3) is 0 Å². The molecule has 1 aromatic heterocycles. The summed E-state index contributed by atoms with van der Waals surface area (Å²) in [5.74, 6) is 0.774. The second-order valence-corrected chi connectivity index (χ2v) is 3.89. The Hall–Kier alpha value is -0.550. The highest BCUT2D eigenvalue weighted by atomic mass is 79.9. The number of aromatic nitrogens is 1. The first-order chi connectivity index (χ1) is 7.24. The van der Waals surface area contributed by atoms with E-state index >= 15 is 0 Å². The van der Waals surface area contributed by atoms with E-state index in [0.717, 1.165) is 25.0 Å². The van der Waals surface area contributed by atoms with Gasteiger partial charge in [-0.3, -0.25) is 4.79 Å². The van der Waals surface area contributed by atoms with Gasteiger partial charge >= 0.3 is 0 Å². The Labute approximate surface area is 97.3 Å². The quantitative estimate of drug-likeness (QED) is 0.750. The van der Waals surface area contributed by atoms with E-state index in [4.69, 9.17) is 9.26 Å². The van der Waals surface area contributed by atoms with Gasteiger partial charge in [-0.15, -0.1) is 4.74 Å². The summed E-state index contributed by atoms with van der Waals surface area (Å²) in [4.78, 5) is 11.7. The normalized spacial score (nSPS) is 10.9. The van der Waals surface area contributed by atoms with Gasteiger partial charge in [-0.25, -0.2) is 0 Å². The number of aryl methyl sites for hydroxylation is 1. The zero-order valence-electron chi connectivity index (χ0n) is 9.09. The van der Waals surface area contributed by atoms with Crippen LogP contribution in [0, 0.1) is 0 Å². The van der Waals surface area contributed by atoms with Gasteiger partial charge in [0.25, 0.3) is 5.56 Å². The van der Waals surface area contributed by atoms with E-state index in [-0.39, 0.29) is 12.3 Å². The van der Waals surface area contributed by atoms with Gasteiger partial charge < -0.3 is 9.26 Å². The minimum Gasteiger partial charge on any atom is -0.378 e. The first kappa shape index (κ1) is 12.5. The summed E-state index contributed by atoms with van der Waals surface area (Å²) >= 11 is 3.30. The Morgan fingerprint density at radius 1 is 1.53 bits per heavy atom. The van der Waals surface area contributed by atoms with Gasteiger partial charge in [-0.1, -0.05) is 29.3 Å². The van der Waals surface area contributed by atoms with Crippen LogP contribution in [0.3, 0.4) is 0 Å². The molecule has 86 valence electrons. The van der Waals surface area contributed by atoms with Crippen LogP contribution in [0.4, 0.5) is 0 Å². The fraction of sp³-hybridized carbons (Fsp3) is 0.700. The first-order valence-electron chi connectivity index (χ1n) is 5.01. The van der Waals surface area contributed by atoms with Gasteiger partial charge in [0.15, 0.2) is 6.73 Å². The summed E-state index contributed by atoms with van der Waals surface area (Å²) in [5.41, 5.74) is 0.611. The molecule has 0 aromatic carbocycles. The van der Waals surface area contributed by atoms with Gasteiger partial charge in [0.05, 0.1) is 5.56 Å². The Balaban J connectivity index is 2.94. The molecule has 0 bridgehead atoms. The molecule has 15 heavy (non-hydrogen) atoms. The predicted molar refractivity (Wildman–Crippen MR) is 61.2 cm³/mol. The van der Waals surface area contributed by atoms with E-state index in [0.29, 0.717) is 10.9 Å². The third kappa shape index (κ3) is 2.95. The van der Waals surface area contributed by atoms with Crippen LogP contribution < -0.4 is 5.56 Å². The van der Waals surface area contributed by atoms with Crippen molar-refractivity contribution in [3.8, 4) is 0 Å². The monoisotopic (exact) mass is 277 g/mol. The third-order valence-corrected chi connectivity index (χ3v) is 2.74. The Morgan fingerprint density at radius 2 is 2.27 bits per heavy atom. The summed E-state index contributed by atoms with van der Waals surface area (Å²) in [7, 11) is 1.54. The van der Waals surface area contributed by atoms with Crippen LogP contribution in [-0.2, 0) is 23.2 Å². The molecule has 5 heteroatoms. The lowest BCUT2D eigenvalue weighted by molar-refractivity contribution is 0.0544. The molecule has 0 saturated heterocycles. The molecule has 0 saturated carbocycles. The maximum atomic E-state index is 11.7. The van der Waals surface area contributed by atoms with E-state index < -0.39 is 0 Å². The number of unbranched alkanes of at least 4 members (excludes halogenated alkanes) is 1. The van der Waals surface area contributed by atoms with Crippen molar-refractivity contribution < 1.29 is 9.26 Å². The van der Waals surface area contributed by atoms with Crippen molar-refractivity contribution in [3.63, 3.8) is 0 Å². The molecule has 1 rings (SSSR count). The lowest BCUT2D eigenvalue weighted by atomic mass is 10.1. The highest BCUT2D eigenvalue weighted by molar-refractivity contribution is 9.08. The molecule has 0 radical (unpaired) electrons. The van der Waals surface area contributed by atoms with Crippen LogP contribution in [0.5, 0.6) is 0 Å². The number of hydrogen-bond donors (Lipinski definition) is 0. The topological polar surface area (TPSA) is 44.4 Å². The minimum absolute atomic E-state index is 0.0974. The van der Waals surface area contributed by atoms with Crippen LogP contribution in [0.1, 0.15) is 31.1 Å². The van der Waals surface area contributed by atoms with Crippen molar-refractivity contribution in [1.29, 1.82) is 0 Å². The van der Waals surface area contributed by atoms with Crippen LogP contribution in [0.2, 0.25) is 0 Å². The maximum Gasteiger partial charge on any atom is 0.289 e. The van der Waals surface area contributed by atoms with Crippen molar-refractivity contribution in [1.82, 2.24) is 4.74 Å². The molecular weight excluding hydrogens is 262 g/mol. The average Bonchev–Trinajstić information content (AvgIpc) is 2.53. The fourth-order valence-electron chi connectivity index (χ4n) is 1.37. The van der Waals surface area contributed by atoms with Gasteiger partial charge in [-0.05, 0) is 6.42 Å². The largest absolute Gasteiger partial charge is 0.378 e. The second-order valence-electron chi connectivity index (χ2n) is 3.33. The fourth-order valence-corrected chi connectivity index (χ4v) is 1.92. The van der Waals surface area contributed by atoms with Crippen molar-refractivity contribution in [2.75, 3.05) is 7.11 Å². The SMILES string of the molecule is CCCCc1on(COC)c(=O)c1CBr. The Kier molecular flexibility index (Phi) is 5.11. The Morgan fingerprint density at radius 3 is 2.80 bits per heavy atom. The molecule has 0 fully saturated rings. The third-order valence-electron chi connectivity index (χ3n) is 2.18. The highest BCUT2D eigenvalue weighted by Gasteiger charge is 2.14. The lowest BCUT2D eigenvalue weighted by Gasteiger charge is -1.97. The van der Waals surface area contributed by atoms with Gasteiger partial charge in [0.2, 0.25) is 0 Å². The standard InChI is InChI=1S/C10H16BrNO3/c1-3-4-5-9-8(6-11)10(13)12(15-9)7-14-2/h3-7H2,1-2H3. The molecule has 0 aliphatic carbocycles. The molecule has 0 unspecified atom stereocenters. The van der Waals surface area contributed by atoms with Crippen LogP contribution in [-0.4, -0.2) is 11.8 Å². The average molecular weight is 278 g/mol. The summed E-state index contributed by atoms with van der Waals surface area (Å²) in [5, 5.41) is 0.533. The van der Waals surface area contributed by atoms with Crippen molar-refractivity contribution in [2.24, 2.45) is 0 Å². The van der Waals surface area contributed by atoms with Crippen molar-refractivity contribution in [3.05, 3.63) is 21.7 Å². The predicted octanol–water partition coefficient (Wildman–Crippen LogP) is 2.28.